The molecule has 1 aromatic carbocycles. The van der Waals surface area contributed by atoms with E-state index in [1.54, 1.807) is 52.8 Å². The minimum Gasteiger partial charge on any atom is -0.443 e. The molecule has 0 aliphatic rings. The van der Waals surface area contributed by atoms with Gasteiger partial charge in [-0.15, -0.1) is 0 Å². The van der Waals surface area contributed by atoms with Crippen molar-refractivity contribution in [2.75, 3.05) is 7.11 Å². The Labute approximate surface area is 179 Å². The lowest BCUT2D eigenvalue weighted by molar-refractivity contribution is -0.0768. The molecule has 0 radical (unpaired) electrons. The summed E-state index contributed by atoms with van der Waals surface area (Å²) < 4.78 is 22.1. The zero-order chi connectivity index (χ0) is 22.9. The summed E-state index contributed by atoms with van der Waals surface area (Å²) in [5.74, 6) is 0.0130. The summed E-state index contributed by atoms with van der Waals surface area (Å²) in [7, 11) is 1.38. The van der Waals surface area contributed by atoms with E-state index in [1.807, 2.05) is 0 Å². The van der Waals surface area contributed by atoms with Crippen molar-refractivity contribution < 1.29 is 33.6 Å². The van der Waals surface area contributed by atoms with E-state index in [1.165, 1.54) is 23.9 Å². The monoisotopic (exact) mass is 430 g/mol. The van der Waals surface area contributed by atoms with Gasteiger partial charge in [-0.1, -0.05) is 6.07 Å². The van der Waals surface area contributed by atoms with E-state index in [0.29, 0.717) is 27.4 Å². The Morgan fingerprint density at radius 3 is 2.39 bits per heavy atom. The van der Waals surface area contributed by atoms with Crippen molar-refractivity contribution in [1.29, 1.82) is 0 Å². The van der Waals surface area contributed by atoms with E-state index in [0.717, 1.165) is 0 Å². The van der Waals surface area contributed by atoms with Gasteiger partial charge in [0.2, 0.25) is 5.88 Å². The van der Waals surface area contributed by atoms with Crippen LogP contribution in [0.25, 0.3) is 21.8 Å². The normalized spacial score (nSPS) is 12.9. The largest absolute Gasteiger partial charge is 0.515 e. The third-order valence-corrected chi connectivity index (χ3v) is 4.25. The summed E-state index contributed by atoms with van der Waals surface area (Å²) >= 11 is 0. The molecule has 1 N–H and O–H groups in total. The minimum atomic E-state index is -1.14. The zero-order valence-electron chi connectivity index (χ0n) is 18.3. The van der Waals surface area contributed by atoms with Gasteiger partial charge in [-0.3, -0.25) is 0 Å². The van der Waals surface area contributed by atoms with Gasteiger partial charge in [0.05, 0.1) is 23.3 Å². The number of benzene rings is 1. The molecule has 9 nitrogen and oxygen atoms in total. The molecular formula is C22H26N2O7. The summed E-state index contributed by atoms with van der Waals surface area (Å²) in [5, 5.41) is 11.3. The number of methoxy groups -OCH3 is 1. The summed E-state index contributed by atoms with van der Waals surface area (Å²) in [6.45, 7) is 8.73. The number of carbonyl (C=O) groups excluding carboxylic acids is 2. The summed E-state index contributed by atoms with van der Waals surface area (Å²) in [6.07, 6.45) is -1.52. The highest BCUT2D eigenvalue weighted by atomic mass is 16.7. The van der Waals surface area contributed by atoms with Gasteiger partial charge >= 0.3 is 12.2 Å². The zero-order valence-corrected chi connectivity index (χ0v) is 18.3. The Bertz CT molecular complexity index is 1130. The second kappa shape index (κ2) is 8.52. The van der Waals surface area contributed by atoms with Crippen LogP contribution in [0.2, 0.25) is 0 Å². The molecular weight excluding hydrogens is 404 g/mol. The van der Waals surface area contributed by atoms with Crippen molar-refractivity contribution in [2.45, 2.75) is 52.6 Å². The molecule has 2 aromatic heterocycles. The summed E-state index contributed by atoms with van der Waals surface area (Å²) in [4.78, 5) is 28.9. The molecule has 0 bridgehead atoms. The highest BCUT2D eigenvalue weighted by Gasteiger charge is 2.24. The van der Waals surface area contributed by atoms with Crippen molar-refractivity contribution in [3.8, 4) is 5.88 Å². The number of aromatic nitrogens is 2. The van der Waals surface area contributed by atoms with Crippen molar-refractivity contribution in [2.24, 2.45) is 0 Å². The first kappa shape index (κ1) is 22.5. The van der Waals surface area contributed by atoms with Gasteiger partial charge in [-0.2, -0.15) is 0 Å². The number of hydrogen-bond donors (Lipinski definition) is 1. The molecule has 0 saturated carbocycles. The van der Waals surface area contributed by atoms with Crippen LogP contribution in [0.3, 0.4) is 0 Å². The lowest BCUT2D eigenvalue weighted by Gasteiger charge is -2.20. The third-order valence-electron chi connectivity index (χ3n) is 4.25. The number of hydrogen-bond acceptors (Lipinski definition) is 8. The first-order valence-corrected chi connectivity index (χ1v) is 9.77. The number of fused-ring (bicyclic) bond motifs is 3. The maximum Gasteiger partial charge on any atom is 0.515 e. The van der Waals surface area contributed by atoms with Crippen molar-refractivity contribution in [3.05, 3.63) is 36.0 Å². The fraction of sp³-hybridized carbons (Fsp3) is 0.409. The van der Waals surface area contributed by atoms with Crippen LogP contribution in [0.1, 0.15) is 46.5 Å². The quantitative estimate of drug-likeness (QED) is 0.475. The first-order chi connectivity index (χ1) is 14.5. The Hall–Kier alpha value is -3.17. The molecule has 1 unspecified atom stereocenters. The maximum absolute atomic E-state index is 12.9. The highest BCUT2D eigenvalue weighted by molar-refractivity contribution is 6.12. The second-order valence-corrected chi connectivity index (χ2v) is 8.24. The number of aliphatic hydroxyl groups is 1. The predicted octanol–water partition coefficient (Wildman–Crippen LogP) is 4.53. The molecule has 1 atom stereocenters. The smallest absolute Gasteiger partial charge is 0.443 e. The Balaban J connectivity index is 2.18. The van der Waals surface area contributed by atoms with E-state index in [9.17, 15) is 14.7 Å². The van der Waals surface area contributed by atoms with Crippen LogP contribution in [0.5, 0.6) is 5.88 Å². The molecule has 166 valence electrons. The van der Waals surface area contributed by atoms with Crippen LogP contribution in [0, 0.1) is 0 Å². The van der Waals surface area contributed by atoms with Gasteiger partial charge in [0.1, 0.15) is 5.60 Å². The molecule has 0 aliphatic heterocycles. The molecule has 0 saturated heterocycles. The Morgan fingerprint density at radius 1 is 1.10 bits per heavy atom. The number of pyridine rings is 1. The fourth-order valence-electron chi connectivity index (χ4n) is 3.07. The average molecular weight is 430 g/mol. The van der Waals surface area contributed by atoms with E-state index >= 15 is 0 Å². The molecule has 0 aliphatic carbocycles. The fourth-order valence-corrected chi connectivity index (χ4v) is 3.07. The van der Waals surface area contributed by atoms with Gasteiger partial charge in [-0.25, -0.2) is 19.1 Å². The summed E-state index contributed by atoms with van der Waals surface area (Å²) in [5.41, 5.74) is 0.790. The van der Waals surface area contributed by atoms with Crippen molar-refractivity contribution >= 4 is 34.1 Å². The number of ether oxygens (including phenoxy) is 4. The van der Waals surface area contributed by atoms with Gasteiger partial charge < -0.3 is 24.1 Å². The van der Waals surface area contributed by atoms with Crippen molar-refractivity contribution in [1.82, 2.24) is 9.55 Å². The standard InChI is InChI=1S/C22H26N2O7/c1-12(2)29-21(27)30-18-10-15-14-9-13(19(25)28-6)7-8-16(14)24(17(15)11-23-18)20(26)31-22(3,4)5/h7-12,19,25H,1-6H3. The average Bonchev–Trinajstić information content (AvgIpc) is 2.98. The second-order valence-electron chi connectivity index (χ2n) is 8.24. The lowest BCUT2D eigenvalue weighted by Crippen LogP contribution is -2.27. The Kier molecular flexibility index (Phi) is 6.19. The van der Waals surface area contributed by atoms with E-state index in [-0.39, 0.29) is 12.0 Å². The topological polar surface area (TPSA) is 109 Å². The molecule has 3 rings (SSSR count). The van der Waals surface area contributed by atoms with E-state index in [4.69, 9.17) is 18.9 Å². The highest BCUT2D eigenvalue weighted by Crippen LogP contribution is 2.33. The van der Waals surface area contributed by atoms with E-state index in [2.05, 4.69) is 4.98 Å². The van der Waals surface area contributed by atoms with Gasteiger partial charge in [-0.05, 0) is 46.8 Å². The first-order valence-electron chi connectivity index (χ1n) is 9.77. The number of aliphatic hydroxyl groups excluding tert-OH is 1. The number of carbonyl (C=O) groups is 2. The van der Waals surface area contributed by atoms with Gasteiger partial charge in [0, 0.05) is 29.5 Å². The molecule has 2 heterocycles. The molecule has 0 amide bonds. The van der Waals surface area contributed by atoms with Gasteiger partial charge in [0.25, 0.3) is 0 Å². The molecule has 0 fully saturated rings. The Morgan fingerprint density at radius 2 is 1.77 bits per heavy atom. The SMILES string of the molecule is COC(O)c1ccc2c(c1)c1cc(OC(=O)OC(C)C)ncc1n2C(=O)OC(C)(C)C. The van der Waals surface area contributed by atoms with Crippen LogP contribution in [0.15, 0.2) is 30.5 Å². The van der Waals surface area contributed by atoms with Crippen LogP contribution < -0.4 is 4.74 Å². The van der Waals surface area contributed by atoms with Gasteiger partial charge in [0.15, 0.2) is 6.29 Å². The minimum absolute atomic E-state index is 0.0130. The number of rotatable bonds is 4. The predicted molar refractivity (Wildman–Crippen MR) is 113 cm³/mol. The molecule has 0 spiro atoms. The van der Waals surface area contributed by atoms with Crippen LogP contribution in [0.4, 0.5) is 9.59 Å². The number of nitrogens with zero attached hydrogens (tertiary/aromatic N) is 2. The van der Waals surface area contributed by atoms with Crippen molar-refractivity contribution in [3.63, 3.8) is 0 Å². The molecule has 31 heavy (non-hydrogen) atoms. The van der Waals surface area contributed by atoms with E-state index < -0.39 is 24.1 Å². The third kappa shape index (κ3) is 4.95. The lowest BCUT2D eigenvalue weighted by atomic mass is 10.1. The van der Waals surface area contributed by atoms with Crippen LogP contribution >= 0.6 is 0 Å². The summed E-state index contributed by atoms with van der Waals surface area (Å²) in [6, 6.07) is 6.57. The molecule has 3 aromatic rings. The maximum atomic E-state index is 12.9. The molecule has 9 heteroatoms. The van der Waals surface area contributed by atoms with Crippen LogP contribution in [-0.2, 0) is 14.2 Å². The van der Waals surface area contributed by atoms with Crippen LogP contribution in [-0.4, -0.2) is 45.7 Å².